The van der Waals surface area contributed by atoms with Crippen molar-refractivity contribution in [2.24, 2.45) is 0 Å². The highest BCUT2D eigenvalue weighted by molar-refractivity contribution is 7.93. The zero-order chi connectivity index (χ0) is 24.8. The molecule has 1 saturated heterocycles. The smallest absolute Gasteiger partial charge is 0.359 e. The SMILES string of the molecule is CCc1ccc(-n2cc(-c3ccc4[nH]cc(NS(=O)(=O)C5CN(CC(F)(F)F)C5)c4c3)cn2)cc1. The summed E-state index contributed by atoms with van der Waals surface area (Å²) in [6, 6.07) is 13.8. The first kappa shape index (κ1) is 23.4. The minimum Gasteiger partial charge on any atom is -0.359 e. The minimum atomic E-state index is -4.35. The van der Waals surface area contributed by atoms with Crippen molar-refractivity contribution in [3.05, 3.63) is 66.6 Å². The summed E-state index contributed by atoms with van der Waals surface area (Å²) in [5.74, 6) is 0. The fourth-order valence-electron chi connectivity index (χ4n) is 4.22. The second kappa shape index (κ2) is 8.72. The molecule has 3 heterocycles. The fourth-order valence-corrected chi connectivity index (χ4v) is 5.68. The Morgan fingerprint density at radius 1 is 1.11 bits per heavy atom. The van der Waals surface area contributed by atoms with Crippen molar-refractivity contribution in [2.45, 2.75) is 24.8 Å². The van der Waals surface area contributed by atoms with Crippen LogP contribution in [-0.4, -0.2) is 59.1 Å². The van der Waals surface area contributed by atoms with Gasteiger partial charge in [-0.15, -0.1) is 0 Å². The molecule has 4 aromatic rings. The molecule has 11 heteroatoms. The molecule has 2 aromatic heterocycles. The standard InChI is InChI=1S/C24H24F3N5O2S/c1-2-16-3-6-19(7-4-16)32-12-18(10-29-32)17-5-8-22-21(9-17)23(11-28-22)30-35(33,34)20-13-31(14-20)15-24(25,26)27/h3-12,20,28,30H,2,13-15H2,1H3. The van der Waals surface area contributed by atoms with Gasteiger partial charge in [0.1, 0.15) is 5.25 Å². The Bertz CT molecular complexity index is 1450. The van der Waals surface area contributed by atoms with Crippen LogP contribution in [0.5, 0.6) is 0 Å². The molecule has 35 heavy (non-hydrogen) atoms. The van der Waals surface area contributed by atoms with E-state index in [0.29, 0.717) is 11.1 Å². The van der Waals surface area contributed by atoms with E-state index in [9.17, 15) is 21.6 Å². The molecule has 0 spiro atoms. The molecular formula is C24H24F3N5O2S. The number of sulfonamides is 1. The zero-order valence-electron chi connectivity index (χ0n) is 18.9. The maximum absolute atomic E-state index is 12.7. The van der Waals surface area contributed by atoms with Crippen LogP contribution in [0.25, 0.3) is 27.7 Å². The lowest BCUT2D eigenvalue weighted by atomic mass is 10.1. The summed E-state index contributed by atoms with van der Waals surface area (Å²) in [5, 5.41) is 4.23. The monoisotopic (exact) mass is 503 g/mol. The second-order valence-corrected chi connectivity index (χ2v) is 10.7. The number of fused-ring (bicyclic) bond motifs is 1. The molecule has 7 nitrogen and oxygen atoms in total. The van der Waals surface area contributed by atoms with E-state index < -0.39 is 28.0 Å². The van der Waals surface area contributed by atoms with Crippen LogP contribution >= 0.6 is 0 Å². The minimum absolute atomic E-state index is 0.152. The summed E-state index contributed by atoms with van der Waals surface area (Å²) in [5.41, 5.74) is 4.99. The molecule has 0 radical (unpaired) electrons. The van der Waals surface area contributed by atoms with Gasteiger partial charge in [0, 0.05) is 41.9 Å². The number of hydrogen-bond acceptors (Lipinski definition) is 4. The number of aromatic nitrogens is 3. The number of aryl methyl sites for hydroxylation is 1. The topological polar surface area (TPSA) is 83.0 Å². The van der Waals surface area contributed by atoms with Crippen molar-refractivity contribution in [1.29, 1.82) is 0 Å². The first-order valence-electron chi connectivity index (χ1n) is 11.2. The lowest BCUT2D eigenvalue weighted by Gasteiger charge is -2.38. The summed E-state index contributed by atoms with van der Waals surface area (Å²) in [7, 11) is -3.84. The number of aromatic amines is 1. The van der Waals surface area contributed by atoms with Gasteiger partial charge in [0.15, 0.2) is 0 Å². The van der Waals surface area contributed by atoms with Gasteiger partial charge < -0.3 is 4.98 Å². The van der Waals surface area contributed by atoms with Crippen LogP contribution in [0.1, 0.15) is 12.5 Å². The number of hydrogen-bond donors (Lipinski definition) is 2. The Labute approximate surface area is 200 Å². The van der Waals surface area contributed by atoms with Gasteiger partial charge in [-0.05, 0) is 41.8 Å². The molecule has 2 aromatic carbocycles. The Morgan fingerprint density at radius 3 is 2.54 bits per heavy atom. The third kappa shape index (κ3) is 4.92. The molecule has 0 amide bonds. The highest BCUT2D eigenvalue weighted by Crippen LogP contribution is 2.31. The van der Waals surface area contributed by atoms with Gasteiger partial charge in [-0.2, -0.15) is 18.3 Å². The van der Waals surface area contributed by atoms with Crippen LogP contribution in [0.15, 0.2) is 61.1 Å². The van der Waals surface area contributed by atoms with E-state index in [2.05, 4.69) is 33.9 Å². The highest BCUT2D eigenvalue weighted by atomic mass is 32.2. The van der Waals surface area contributed by atoms with E-state index in [1.165, 1.54) is 5.56 Å². The molecule has 0 unspecified atom stereocenters. The van der Waals surface area contributed by atoms with E-state index in [4.69, 9.17) is 0 Å². The molecule has 1 aliphatic heterocycles. The van der Waals surface area contributed by atoms with Crippen molar-refractivity contribution in [2.75, 3.05) is 24.4 Å². The Balaban J connectivity index is 1.34. The molecule has 0 bridgehead atoms. The van der Waals surface area contributed by atoms with E-state index in [-0.39, 0.29) is 13.1 Å². The van der Waals surface area contributed by atoms with Gasteiger partial charge in [-0.1, -0.05) is 25.1 Å². The second-order valence-electron chi connectivity index (χ2n) is 8.73. The lowest BCUT2D eigenvalue weighted by Crippen LogP contribution is -2.58. The van der Waals surface area contributed by atoms with Gasteiger partial charge in [-0.25, -0.2) is 13.1 Å². The maximum atomic E-state index is 12.7. The molecule has 5 rings (SSSR count). The van der Waals surface area contributed by atoms with Crippen molar-refractivity contribution in [3.63, 3.8) is 0 Å². The van der Waals surface area contributed by atoms with Gasteiger partial charge >= 0.3 is 6.18 Å². The number of rotatable bonds is 7. The zero-order valence-corrected chi connectivity index (χ0v) is 19.7. The van der Waals surface area contributed by atoms with E-state index in [1.54, 1.807) is 17.1 Å². The quantitative estimate of drug-likeness (QED) is 0.387. The van der Waals surface area contributed by atoms with Crippen LogP contribution in [0.4, 0.5) is 18.9 Å². The number of anilines is 1. The molecule has 0 saturated carbocycles. The van der Waals surface area contributed by atoms with Gasteiger partial charge in [0.05, 0.1) is 24.1 Å². The number of nitrogens with zero attached hydrogens (tertiary/aromatic N) is 3. The van der Waals surface area contributed by atoms with Gasteiger partial charge in [0.25, 0.3) is 0 Å². The molecule has 1 aliphatic rings. The van der Waals surface area contributed by atoms with Crippen LogP contribution in [-0.2, 0) is 16.4 Å². The first-order chi connectivity index (χ1) is 16.6. The normalized spacial score (nSPS) is 15.4. The van der Waals surface area contributed by atoms with Crippen molar-refractivity contribution in [3.8, 4) is 16.8 Å². The van der Waals surface area contributed by atoms with E-state index in [0.717, 1.165) is 33.7 Å². The maximum Gasteiger partial charge on any atom is 0.401 e. The van der Waals surface area contributed by atoms with Crippen molar-refractivity contribution < 1.29 is 21.6 Å². The van der Waals surface area contributed by atoms with E-state index >= 15 is 0 Å². The Hall–Kier alpha value is -3.31. The molecule has 184 valence electrons. The summed E-state index contributed by atoms with van der Waals surface area (Å²) < 4.78 is 67.4. The van der Waals surface area contributed by atoms with Gasteiger partial charge in [-0.3, -0.25) is 9.62 Å². The van der Waals surface area contributed by atoms with Gasteiger partial charge in [0.2, 0.25) is 10.0 Å². The molecular weight excluding hydrogens is 479 g/mol. The summed E-state index contributed by atoms with van der Waals surface area (Å²) in [6.07, 6.45) is 1.82. The van der Waals surface area contributed by atoms with Crippen LogP contribution in [0.3, 0.4) is 0 Å². The number of halogens is 3. The largest absolute Gasteiger partial charge is 0.401 e. The molecule has 2 N–H and O–H groups in total. The number of nitrogens with one attached hydrogen (secondary N) is 2. The third-order valence-corrected chi connectivity index (χ3v) is 7.90. The van der Waals surface area contributed by atoms with Crippen LogP contribution in [0.2, 0.25) is 0 Å². The molecule has 0 aliphatic carbocycles. The number of benzene rings is 2. The number of H-pyrrole nitrogens is 1. The Kier molecular flexibility index (Phi) is 5.84. The van der Waals surface area contributed by atoms with Crippen molar-refractivity contribution in [1.82, 2.24) is 19.7 Å². The van der Waals surface area contributed by atoms with Crippen molar-refractivity contribution >= 4 is 26.6 Å². The van der Waals surface area contributed by atoms with E-state index in [1.807, 2.05) is 36.5 Å². The summed E-state index contributed by atoms with van der Waals surface area (Å²) >= 11 is 0. The average molecular weight is 504 g/mol. The Morgan fingerprint density at radius 2 is 1.86 bits per heavy atom. The molecule has 1 fully saturated rings. The predicted octanol–water partition coefficient (Wildman–Crippen LogP) is 4.57. The van der Waals surface area contributed by atoms with Crippen LogP contribution in [0, 0.1) is 0 Å². The fraction of sp³-hybridized carbons (Fsp3) is 0.292. The summed E-state index contributed by atoms with van der Waals surface area (Å²) in [4.78, 5) is 4.11. The van der Waals surface area contributed by atoms with Crippen LogP contribution < -0.4 is 4.72 Å². The predicted molar refractivity (Wildman–Crippen MR) is 129 cm³/mol. The molecule has 0 atom stereocenters. The average Bonchev–Trinajstić information content (AvgIpc) is 3.42. The highest BCUT2D eigenvalue weighted by Gasteiger charge is 2.42. The third-order valence-electron chi connectivity index (χ3n) is 6.22. The number of likely N-dealkylation sites (tertiary alicyclic amines) is 1. The lowest BCUT2D eigenvalue weighted by molar-refractivity contribution is -0.152. The number of alkyl halides is 3. The first-order valence-corrected chi connectivity index (χ1v) is 12.7. The summed E-state index contributed by atoms with van der Waals surface area (Å²) in [6.45, 7) is 0.689.